The molecule has 71 heavy (non-hydrogen) atoms. The molecule has 0 atom stereocenters. The lowest BCUT2D eigenvalue weighted by molar-refractivity contribution is -0.135. The number of carbonyl (C=O) groups excluding carboxylic acids is 3. The van der Waals surface area contributed by atoms with Gasteiger partial charge in [0.1, 0.15) is 34.5 Å². The van der Waals surface area contributed by atoms with Crippen LogP contribution in [-0.2, 0) is 14.4 Å². The fraction of sp³-hybridized carbons (Fsp3) is 0.593. The quantitative estimate of drug-likeness (QED) is 0.0220. The average Bonchev–Trinajstić information content (AvgIpc) is 3.33. The Morgan fingerprint density at radius 2 is 0.606 bits per heavy atom. The highest BCUT2D eigenvalue weighted by Gasteiger charge is 2.20. The number of nitrogens with zero attached hydrogens (tertiary/aromatic N) is 3. The Hall–Kier alpha value is -5.52. The molecule has 1 aromatic heterocycles. The van der Waals surface area contributed by atoms with Crippen LogP contribution in [0.15, 0.2) is 54.6 Å². The third kappa shape index (κ3) is 23.5. The van der Waals surface area contributed by atoms with Gasteiger partial charge in [0.25, 0.3) is 0 Å². The molecule has 4 aromatic rings. The Kier molecular flexibility index (Phi) is 28.4. The SMILES string of the molecule is CCCCCCCCCCCCCCCCCC(=O)Oc1ccc(-c2nc(-c3ccc(OC(C)=O)cc3O)nc(-c3ccc(OC(=O)CCCCCCCCCCCCCCCCC)cc3O)n2)c(O)c1. The summed E-state index contributed by atoms with van der Waals surface area (Å²) in [4.78, 5) is 50.8. The summed E-state index contributed by atoms with van der Waals surface area (Å²) >= 11 is 0. The van der Waals surface area contributed by atoms with Crippen LogP contribution in [-0.4, -0.2) is 48.2 Å². The maximum Gasteiger partial charge on any atom is 0.311 e. The Morgan fingerprint density at radius 3 is 0.845 bits per heavy atom. The predicted molar refractivity (Wildman–Crippen MR) is 283 cm³/mol. The van der Waals surface area contributed by atoms with Crippen molar-refractivity contribution in [3.8, 4) is 68.7 Å². The van der Waals surface area contributed by atoms with E-state index in [4.69, 9.17) is 14.2 Å². The third-order valence-electron chi connectivity index (χ3n) is 13.0. The van der Waals surface area contributed by atoms with Gasteiger partial charge < -0.3 is 29.5 Å². The molecule has 0 aliphatic rings. The molecule has 3 aromatic carbocycles. The Labute approximate surface area is 424 Å². The maximum atomic E-state index is 12.8. The largest absolute Gasteiger partial charge is 0.507 e. The molecule has 0 unspecified atom stereocenters. The number of aromatic hydroxyl groups is 3. The summed E-state index contributed by atoms with van der Waals surface area (Å²) in [5, 5.41) is 33.5. The molecule has 12 heteroatoms. The minimum absolute atomic E-state index is 0.0138. The fourth-order valence-electron chi connectivity index (χ4n) is 8.84. The van der Waals surface area contributed by atoms with Gasteiger partial charge >= 0.3 is 17.9 Å². The molecule has 0 amide bonds. The number of carbonyl (C=O) groups is 3. The molecule has 0 aliphatic heterocycles. The topological polar surface area (TPSA) is 178 Å². The third-order valence-corrected chi connectivity index (χ3v) is 13.0. The summed E-state index contributed by atoms with van der Waals surface area (Å²) in [7, 11) is 0. The van der Waals surface area contributed by atoms with Crippen molar-refractivity contribution in [1.82, 2.24) is 15.0 Å². The van der Waals surface area contributed by atoms with Crippen LogP contribution in [0.25, 0.3) is 34.2 Å². The fourth-order valence-corrected chi connectivity index (χ4v) is 8.84. The molecule has 0 saturated carbocycles. The first-order valence-electron chi connectivity index (χ1n) is 27.4. The minimum Gasteiger partial charge on any atom is -0.507 e. The van der Waals surface area contributed by atoms with E-state index in [0.29, 0.717) is 0 Å². The van der Waals surface area contributed by atoms with Gasteiger partial charge in [0, 0.05) is 38.0 Å². The highest BCUT2D eigenvalue weighted by atomic mass is 16.5. The molecule has 390 valence electrons. The Balaban J connectivity index is 1.30. The van der Waals surface area contributed by atoms with Gasteiger partial charge in [-0.25, -0.2) is 15.0 Å². The van der Waals surface area contributed by atoms with E-state index in [1.165, 1.54) is 216 Å². The highest BCUT2D eigenvalue weighted by Crippen LogP contribution is 2.38. The van der Waals surface area contributed by atoms with E-state index in [9.17, 15) is 29.7 Å². The van der Waals surface area contributed by atoms with Gasteiger partial charge in [-0.2, -0.15) is 0 Å². The van der Waals surface area contributed by atoms with Crippen molar-refractivity contribution in [2.45, 2.75) is 226 Å². The maximum absolute atomic E-state index is 12.8. The molecular formula is C59H85N3O9. The first-order chi connectivity index (χ1) is 34.6. The lowest BCUT2D eigenvalue weighted by Gasteiger charge is -2.13. The Morgan fingerprint density at radius 1 is 0.366 bits per heavy atom. The van der Waals surface area contributed by atoms with Crippen LogP contribution in [0.1, 0.15) is 226 Å². The lowest BCUT2D eigenvalue weighted by Crippen LogP contribution is -2.08. The summed E-state index contributed by atoms with van der Waals surface area (Å²) < 4.78 is 16.3. The second-order valence-corrected chi connectivity index (χ2v) is 19.3. The van der Waals surface area contributed by atoms with E-state index < -0.39 is 5.97 Å². The molecule has 0 radical (unpaired) electrons. The van der Waals surface area contributed by atoms with Crippen molar-refractivity contribution in [2.24, 2.45) is 0 Å². The second-order valence-electron chi connectivity index (χ2n) is 19.3. The molecule has 0 saturated heterocycles. The standard InChI is InChI=1S/C59H85N3O9/c1-4-6-8-10-12-14-16-18-20-22-24-26-28-30-32-34-55(67)70-47-37-40-50(53(65)43-47)58-60-57(49-39-36-46(42-52(49)64)69-45(3)63)61-59(62-58)51-41-38-48(44-54(51)66)71-56(68)35-33-31-29-27-25-23-21-19-17-15-13-11-9-7-5-2/h36-44,64-66H,4-35H2,1-3H3. The van der Waals surface area contributed by atoms with Crippen molar-refractivity contribution in [1.29, 1.82) is 0 Å². The highest BCUT2D eigenvalue weighted by molar-refractivity contribution is 5.77. The van der Waals surface area contributed by atoms with E-state index in [0.717, 1.165) is 38.5 Å². The smallest absolute Gasteiger partial charge is 0.311 e. The average molecular weight is 980 g/mol. The van der Waals surface area contributed by atoms with Crippen molar-refractivity contribution >= 4 is 17.9 Å². The van der Waals surface area contributed by atoms with Crippen LogP contribution >= 0.6 is 0 Å². The van der Waals surface area contributed by atoms with Crippen LogP contribution in [0.2, 0.25) is 0 Å². The summed E-state index contributed by atoms with van der Waals surface area (Å²) in [5.41, 5.74) is 0.479. The van der Waals surface area contributed by atoms with Gasteiger partial charge in [0.15, 0.2) is 17.5 Å². The number of phenolic OH excluding ortho intramolecular Hbond substituents is 3. The number of rotatable bonds is 38. The molecule has 1 heterocycles. The summed E-state index contributed by atoms with van der Waals surface area (Å²) in [6.45, 7) is 5.76. The van der Waals surface area contributed by atoms with Gasteiger partial charge in [-0.3, -0.25) is 14.4 Å². The van der Waals surface area contributed by atoms with Gasteiger partial charge in [0.05, 0.1) is 16.7 Å². The van der Waals surface area contributed by atoms with Gasteiger partial charge in [0.2, 0.25) is 0 Å². The normalized spacial score (nSPS) is 11.2. The summed E-state index contributed by atoms with van der Waals surface area (Å²) in [6, 6.07) is 12.9. The molecular weight excluding hydrogens is 895 g/mol. The molecule has 0 bridgehead atoms. The number of unbranched alkanes of at least 4 members (excludes halogenated alkanes) is 28. The molecule has 3 N–H and O–H groups in total. The van der Waals surface area contributed by atoms with Gasteiger partial charge in [-0.05, 0) is 49.2 Å². The number of hydrogen-bond donors (Lipinski definition) is 3. The predicted octanol–water partition coefficient (Wildman–Crippen LogP) is 16.2. The van der Waals surface area contributed by atoms with E-state index in [-0.39, 0.29) is 93.4 Å². The Bertz CT molecular complexity index is 2060. The van der Waals surface area contributed by atoms with E-state index in [2.05, 4.69) is 28.8 Å². The molecule has 0 aliphatic carbocycles. The van der Waals surface area contributed by atoms with E-state index >= 15 is 0 Å². The minimum atomic E-state index is -0.564. The number of hydrogen-bond acceptors (Lipinski definition) is 12. The zero-order valence-electron chi connectivity index (χ0n) is 43.5. The molecule has 0 spiro atoms. The zero-order chi connectivity index (χ0) is 50.9. The van der Waals surface area contributed by atoms with Gasteiger partial charge in [-0.1, -0.05) is 194 Å². The number of benzene rings is 3. The van der Waals surface area contributed by atoms with Gasteiger partial charge in [-0.15, -0.1) is 0 Å². The monoisotopic (exact) mass is 980 g/mol. The van der Waals surface area contributed by atoms with Crippen LogP contribution in [0.3, 0.4) is 0 Å². The van der Waals surface area contributed by atoms with Crippen molar-refractivity contribution in [3.05, 3.63) is 54.6 Å². The molecule has 0 fully saturated rings. The number of esters is 3. The van der Waals surface area contributed by atoms with E-state index in [1.807, 2.05) is 0 Å². The lowest BCUT2D eigenvalue weighted by atomic mass is 10.0. The van der Waals surface area contributed by atoms with Crippen molar-refractivity contribution in [2.75, 3.05) is 0 Å². The van der Waals surface area contributed by atoms with Crippen molar-refractivity contribution < 1.29 is 43.9 Å². The molecule has 12 nitrogen and oxygen atoms in total. The zero-order valence-corrected chi connectivity index (χ0v) is 43.5. The van der Waals surface area contributed by atoms with Crippen LogP contribution in [0.5, 0.6) is 34.5 Å². The van der Waals surface area contributed by atoms with Crippen LogP contribution in [0.4, 0.5) is 0 Å². The van der Waals surface area contributed by atoms with E-state index in [1.54, 1.807) is 0 Å². The van der Waals surface area contributed by atoms with Crippen molar-refractivity contribution in [3.63, 3.8) is 0 Å². The first-order valence-corrected chi connectivity index (χ1v) is 27.4. The second kappa shape index (κ2) is 34.7. The van der Waals surface area contributed by atoms with Crippen LogP contribution < -0.4 is 14.2 Å². The number of phenols is 3. The molecule has 4 rings (SSSR count). The summed E-state index contributed by atoms with van der Waals surface area (Å²) in [5.74, 6) is -1.81. The summed E-state index contributed by atoms with van der Waals surface area (Å²) in [6.07, 6.45) is 37.6. The number of aromatic nitrogens is 3. The van der Waals surface area contributed by atoms with Crippen LogP contribution in [0, 0.1) is 0 Å². The number of ether oxygens (including phenoxy) is 3. The first kappa shape index (κ1) is 58.1.